The minimum Gasteiger partial charge on any atom is -0.378 e. The first-order chi connectivity index (χ1) is 8.97. The SMILES string of the molecule is Cc1cc(Cl)ccc1NC(C)c1ccc(Cl)cc1Cl. The highest BCUT2D eigenvalue weighted by Crippen LogP contribution is 2.30. The summed E-state index contributed by atoms with van der Waals surface area (Å²) in [5.41, 5.74) is 3.16. The summed E-state index contributed by atoms with van der Waals surface area (Å²) in [4.78, 5) is 0. The first kappa shape index (κ1) is 14.5. The Morgan fingerprint density at radius 3 is 2.21 bits per heavy atom. The highest BCUT2D eigenvalue weighted by molar-refractivity contribution is 6.35. The number of hydrogen-bond donors (Lipinski definition) is 1. The summed E-state index contributed by atoms with van der Waals surface area (Å²) in [6.45, 7) is 4.08. The molecule has 0 aliphatic heterocycles. The lowest BCUT2D eigenvalue weighted by molar-refractivity contribution is 0.883. The van der Waals surface area contributed by atoms with Crippen molar-refractivity contribution >= 4 is 40.5 Å². The number of aryl methyl sites for hydroxylation is 1. The predicted molar refractivity (Wildman–Crippen MR) is 84.7 cm³/mol. The third-order valence-corrected chi connectivity index (χ3v) is 3.79. The molecule has 0 aliphatic carbocycles. The third kappa shape index (κ3) is 3.56. The van der Waals surface area contributed by atoms with E-state index in [2.05, 4.69) is 12.2 Å². The lowest BCUT2D eigenvalue weighted by atomic mass is 10.1. The van der Waals surface area contributed by atoms with Crippen LogP contribution in [-0.2, 0) is 0 Å². The standard InChI is InChI=1S/C15H14Cl3N/c1-9-7-11(16)4-6-15(9)19-10(2)13-5-3-12(17)8-14(13)18/h3-8,10,19H,1-2H3. The smallest absolute Gasteiger partial charge is 0.0500 e. The molecule has 19 heavy (non-hydrogen) atoms. The van der Waals surface area contributed by atoms with Crippen molar-refractivity contribution in [3.05, 3.63) is 62.6 Å². The fraction of sp³-hybridized carbons (Fsp3) is 0.200. The van der Waals surface area contributed by atoms with E-state index >= 15 is 0 Å². The fourth-order valence-corrected chi connectivity index (χ4v) is 2.75. The number of nitrogens with one attached hydrogen (secondary N) is 1. The molecular formula is C15H14Cl3N. The van der Waals surface area contributed by atoms with Crippen LogP contribution in [0.25, 0.3) is 0 Å². The summed E-state index contributed by atoms with van der Waals surface area (Å²) in [5, 5.41) is 5.47. The molecule has 100 valence electrons. The lowest BCUT2D eigenvalue weighted by Crippen LogP contribution is -2.08. The maximum absolute atomic E-state index is 6.21. The van der Waals surface area contributed by atoms with Crippen LogP contribution in [0.15, 0.2) is 36.4 Å². The van der Waals surface area contributed by atoms with E-state index in [1.54, 1.807) is 6.07 Å². The second-order valence-corrected chi connectivity index (χ2v) is 5.77. The Balaban J connectivity index is 2.23. The largest absolute Gasteiger partial charge is 0.378 e. The second-order valence-electron chi connectivity index (χ2n) is 4.49. The maximum Gasteiger partial charge on any atom is 0.0500 e. The molecule has 4 heteroatoms. The molecule has 0 radical (unpaired) electrons. The molecule has 2 aromatic carbocycles. The van der Waals surface area contributed by atoms with Gasteiger partial charge in [0.05, 0.1) is 6.04 Å². The van der Waals surface area contributed by atoms with E-state index in [0.29, 0.717) is 10.0 Å². The minimum atomic E-state index is 0.0876. The van der Waals surface area contributed by atoms with Crippen LogP contribution in [0.2, 0.25) is 15.1 Å². The summed E-state index contributed by atoms with van der Waals surface area (Å²) < 4.78 is 0. The summed E-state index contributed by atoms with van der Waals surface area (Å²) in [7, 11) is 0. The van der Waals surface area contributed by atoms with E-state index in [4.69, 9.17) is 34.8 Å². The van der Waals surface area contributed by atoms with E-state index in [1.807, 2.05) is 37.3 Å². The molecule has 0 aromatic heterocycles. The van der Waals surface area contributed by atoms with Crippen LogP contribution in [0.4, 0.5) is 5.69 Å². The van der Waals surface area contributed by atoms with Crippen LogP contribution >= 0.6 is 34.8 Å². The molecule has 1 atom stereocenters. The van der Waals surface area contributed by atoms with Gasteiger partial charge >= 0.3 is 0 Å². The van der Waals surface area contributed by atoms with Gasteiger partial charge in [0.2, 0.25) is 0 Å². The van der Waals surface area contributed by atoms with Gasteiger partial charge in [0.15, 0.2) is 0 Å². The van der Waals surface area contributed by atoms with Gasteiger partial charge in [0.1, 0.15) is 0 Å². The molecule has 1 unspecified atom stereocenters. The maximum atomic E-state index is 6.21. The Hall–Kier alpha value is -0.890. The van der Waals surface area contributed by atoms with Crippen molar-refractivity contribution < 1.29 is 0 Å². The zero-order valence-corrected chi connectivity index (χ0v) is 12.9. The summed E-state index contributed by atoms with van der Waals surface area (Å²) >= 11 is 18.1. The molecule has 0 aliphatic rings. The van der Waals surface area contributed by atoms with Crippen LogP contribution in [-0.4, -0.2) is 0 Å². The highest BCUT2D eigenvalue weighted by atomic mass is 35.5. The number of hydrogen-bond acceptors (Lipinski definition) is 1. The normalized spacial score (nSPS) is 12.3. The van der Waals surface area contributed by atoms with Crippen LogP contribution in [0.1, 0.15) is 24.1 Å². The van der Waals surface area contributed by atoms with E-state index in [1.165, 1.54) is 0 Å². The highest BCUT2D eigenvalue weighted by Gasteiger charge is 2.11. The average molecular weight is 315 g/mol. The molecule has 0 fully saturated rings. The molecule has 1 N–H and O–H groups in total. The van der Waals surface area contributed by atoms with Crippen molar-refractivity contribution in [2.75, 3.05) is 5.32 Å². The molecule has 1 nitrogen and oxygen atoms in total. The second kappa shape index (κ2) is 6.04. The molecular weight excluding hydrogens is 301 g/mol. The van der Waals surface area contributed by atoms with Crippen molar-refractivity contribution in [1.82, 2.24) is 0 Å². The number of rotatable bonds is 3. The predicted octanol–water partition coefficient (Wildman–Crippen LogP) is 6.13. The van der Waals surface area contributed by atoms with Crippen LogP contribution < -0.4 is 5.32 Å². The van der Waals surface area contributed by atoms with Gasteiger partial charge in [-0.2, -0.15) is 0 Å². The van der Waals surface area contributed by atoms with Gasteiger partial charge in [-0.25, -0.2) is 0 Å². The quantitative estimate of drug-likeness (QED) is 0.718. The minimum absolute atomic E-state index is 0.0876. The van der Waals surface area contributed by atoms with Gasteiger partial charge in [0.25, 0.3) is 0 Å². The zero-order chi connectivity index (χ0) is 14.0. The van der Waals surface area contributed by atoms with Gasteiger partial charge in [-0.3, -0.25) is 0 Å². The van der Waals surface area contributed by atoms with Crippen LogP contribution in [0.5, 0.6) is 0 Å². The average Bonchev–Trinajstić information content (AvgIpc) is 2.32. The van der Waals surface area contributed by atoms with Gasteiger partial charge in [-0.1, -0.05) is 40.9 Å². The Morgan fingerprint density at radius 2 is 1.58 bits per heavy atom. The van der Waals surface area contributed by atoms with Crippen LogP contribution in [0.3, 0.4) is 0 Å². The van der Waals surface area contributed by atoms with Crippen LogP contribution in [0, 0.1) is 6.92 Å². The molecule has 0 amide bonds. The van der Waals surface area contributed by atoms with E-state index in [-0.39, 0.29) is 6.04 Å². The topological polar surface area (TPSA) is 12.0 Å². The molecule has 0 saturated carbocycles. The first-order valence-electron chi connectivity index (χ1n) is 5.95. The molecule has 0 spiro atoms. The van der Waals surface area contributed by atoms with Gasteiger partial charge < -0.3 is 5.32 Å². The van der Waals surface area contributed by atoms with Gasteiger partial charge in [-0.05, 0) is 55.3 Å². The molecule has 0 bridgehead atoms. The fourth-order valence-electron chi connectivity index (χ4n) is 1.95. The summed E-state index contributed by atoms with van der Waals surface area (Å²) in [6.07, 6.45) is 0. The van der Waals surface area contributed by atoms with Crippen molar-refractivity contribution in [1.29, 1.82) is 0 Å². The number of benzene rings is 2. The first-order valence-corrected chi connectivity index (χ1v) is 7.08. The van der Waals surface area contributed by atoms with E-state index < -0.39 is 0 Å². The van der Waals surface area contributed by atoms with E-state index in [9.17, 15) is 0 Å². The van der Waals surface area contributed by atoms with E-state index in [0.717, 1.165) is 21.8 Å². The summed E-state index contributed by atoms with van der Waals surface area (Å²) in [5.74, 6) is 0. The molecule has 0 saturated heterocycles. The lowest BCUT2D eigenvalue weighted by Gasteiger charge is -2.19. The Morgan fingerprint density at radius 1 is 0.947 bits per heavy atom. The van der Waals surface area contributed by atoms with Crippen molar-refractivity contribution in [2.24, 2.45) is 0 Å². The Bertz CT molecular complexity index is 596. The Labute approximate surface area is 128 Å². The third-order valence-electron chi connectivity index (χ3n) is 2.99. The number of halogens is 3. The van der Waals surface area contributed by atoms with Crippen molar-refractivity contribution in [3.8, 4) is 0 Å². The van der Waals surface area contributed by atoms with Gasteiger partial charge in [-0.15, -0.1) is 0 Å². The van der Waals surface area contributed by atoms with Crippen molar-refractivity contribution in [3.63, 3.8) is 0 Å². The summed E-state index contributed by atoms with van der Waals surface area (Å²) in [6, 6.07) is 11.4. The van der Waals surface area contributed by atoms with Gasteiger partial charge in [0, 0.05) is 20.8 Å². The van der Waals surface area contributed by atoms with Crippen molar-refractivity contribution in [2.45, 2.75) is 19.9 Å². The Kier molecular flexibility index (Phi) is 4.62. The zero-order valence-electron chi connectivity index (χ0n) is 10.7. The monoisotopic (exact) mass is 313 g/mol. The number of anilines is 1. The molecule has 2 aromatic rings. The molecule has 2 rings (SSSR count). The molecule has 0 heterocycles.